The largest absolute Gasteiger partial charge is 0.368 e. The third kappa shape index (κ3) is 8.11. The van der Waals surface area contributed by atoms with Gasteiger partial charge in [-0.3, -0.25) is 4.79 Å². The summed E-state index contributed by atoms with van der Waals surface area (Å²) in [4.78, 5) is 13.6. The fraction of sp³-hybridized carbons (Fsp3) is 0.875. The summed E-state index contributed by atoms with van der Waals surface area (Å²) in [6.07, 6.45) is 0.712. The van der Waals surface area contributed by atoms with E-state index in [1.165, 1.54) is 0 Å². The number of hydrogen-bond donors (Lipinski definition) is 2. The molecule has 0 aliphatic rings. The maximum absolute atomic E-state index is 11.0. The molecule has 7 heteroatoms. The zero-order valence-corrected chi connectivity index (χ0v) is 9.66. The first-order chi connectivity index (χ1) is 7.22. The first-order valence-electron chi connectivity index (χ1n) is 4.83. The Morgan fingerprint density at radius 3 is 3.00 bits per heavy atom. The molecule has 1 amide bonds. The Kier molecular flexibility index (Phi) is 9.05. The minimum absolute atomic E-state index is 0.321. The highest BCUT2D eigenvalue weighted by Gasteiger charge is 2.12. The van der Waals surface area contributed by atoms with Crippen molar-refractivity contribution in [2.75, 3.05) is 24.6 Å². The molecular weight excluding hydrogens is 214 g/mol. The summed E-state index contributed by atoms with van der Waals surface area (Å²) in [6, 6.07) is -0.321. The summed E-state index contributed by atoms with van der Waals surface area (Å²) in [5.41, 5.74) is 13.3. The van der Waals surface area contributed by atoms with Gasteiger partial charge >= 0.3 is 0 Å². The molecule has 0 aliphatic heterocycles. The molecule has 0 aromatic rings. The number of nitrogens with zero attached hydrogens (tertiary/aromatic N) is 3. The van der Waals surface area contributed by atoms with Crippen LogP contribution < -0.4 is 11.1 Å². The second-order valence-electron chi connectivity index (χ2n) is 2.85. The van der Waals surface area contributed by atoms with Crippen molar-refractivity contribution in [3.05, 3.63) is 10.4 Å². The fourth-order valence-electron chi connectivity index (χ4n) is 1.02. The molecule has 0 rings (SSSR count). The zero-order valence-electron chi connectivity index (χ0n) is 8.85. The lowest BCUT2D eigenvalue weighted by Crippen LogP contribution is -2.42. The van der Waals surface area contributed by atoms with E-state index in [1.54, 1.807) is 11.8 Å². The van der Waals surface area contributed by atoms with Crippen molar-refractivity contribution in [1.82, 2.24) is 5.32 Å². The third-order valence-corrected chi connectivity index (χ3v) is 2.70. The molecule has 0 saturated heterocycles. The minimum atomic E-state index is -0.354. The number of nitrogens with two attached hydrogens (primary N) is 1. The number of hydrogen-bond acceptors (Lipinski definition) is 4. The van der Waals surface area contributed by atoms with Crippen molar-refractivity contribution in [2.45, 2.75) is 19.4 Å². The molecule has 1 atom stereocenters. The van der Waals surface area contributed by atoms with Crippen LogP contribution in [-0.4, -0.2) is 36.5 Å². The normalized spacial score (nSPS) is 11.8. The predicted octanol–water partition coefficient (Wildman–Crippen LogP) is 0.883. The molecule has 1 unspecified atom stereocenters. The molecule has 3 N–H and O–H groups in total. The van der Waals surface area contributed by atoms with Gasteiger partial charge in [0.25, 0.3) is 0 Å². The van der Waals surface area contributed by atoms with Gasteiger partial charge in [-0.25, -0.2) is 0 Å². The summed E-state index contributed by atoms with van der Waals surface area (Å²) >= 11 is 1.77. The first kappa shape index (κ1) is 14.1. The molecule has 0 fully saturated rings. The maximum atomic E-state index is 11.0. The van der Waals surface area contributed by atoms with E-state index >= 15 is 0 Å². The van der Waals surface area contributed by atoms with Gasteiger partial charge in [0.2, 0.25) is 5.91 Å². The number of thioether (sulfide) groups is 1. The van der Waals surface area contributed by atoms with Crippen molar-refractivity contribution in [2.24, 2.45) is 10.8 Å². The number of primary amides is 1. The highest BCUT2D eigenvalue weighted by atomic mass is 32.2. The van der Waals surface area contributed by atoms with Crippen molar-refractivity contribution < 1.29 is 4.79 Å². The lowest BCUT2D eigenvalue weighted by molar-refractivity contribution is -0.120. The van der Waals surface area contributed by atoms with Gasteiger partial charge in [-0.05, 0) is 23.5 Å². The molecular formula is C8H17N5OS. The monoisotopic (exact) mass is 231 g/mol. The van der Waals surface area contributed by atoms with Gasteiger partial charge < -0.3 is 11.1 Å². The van der Waals surface area contributed by atoms with Crippen LogP contribution in [0.2, 0.25) is 0 Å². The zero-order chi connectivity index (χ0) is 11.5. The van der Waals surface area contributed by atoms with Gasteiger partial charge in [0.15, 0.2) is 0 Å². The topological polar surface area (TPSA) is 104 Å². The average Bonchev–Trinajstić information content (AvgIpc) is 2.21. The Balaban J connectivity index is 3.73. The van der Waals surface area contributed by atoms with Gasteiger partial charge in [-0.15, -0.1) is 0 Å². The van der Waals surface area contributed by atoms with E-state index < -0.39 is 0 Å². The van der Waals surface area contributed by atoms with E-state index in [2.05, 4.69) is 22.3 Å². The first-order valence-corrected chi connectivity index (χ1v) is 5.99. The van der Waals surface area contributed by atoms with E-state index in [0.29, 0.717) is 19.5 Å². The maximum Gasteiger partial charge on any atom is 0.234 e. The van der Waals surface area contributed by atoms with E-state index in [-0.39, 0.29) is 11.9 Å². The van der Waals surface area contributed by atoms with Crippen molar-refractivity contribution in [3.8, 4) is 0 Å². The molecule has 0 saturated carbocycles. The third-order valence-electron chi connectivity index (χ3n) is 1.76. The molecule has 86 valence electrons. The van der Waals surface area contributed by atoms with Gasteiger partial charge in [0.05, 0.1) is 6.04 Å². The Bertz CT molecular complexity index is 229. The summed E-state index contributed by atoms with van der Waals surface area (Å²) in [5.74, 6) is 1.58. The molecule has 15 heavy (non-hydrogen) atoms. The number of nitrogens with one attached hydrogen (secondary N) is 1. The van der Waals surface area contributed by atoms with Crippen LogP contribution in [0, 0.1) is 0 Å². The number of azide groups is 1. The van der Waals surface area contributed by atoms with Crippen LogP contribution >= 0.6 is 11.8 Å². The highest BCUT2D eigenvalue weighted by Crippen LogP contribution is 2.03. The van der Waals surface area contributed by atoms with Crippen molar-refractivity contribution in [3.63, 3.8) is 0 Å². The summed E-state index contributed by atoms with van der Waals surface area (Å²) in [5, 5.41) is 6.32. The van der Waals surface area contributed by atoms with Crippen LogP contribution in [0.5, 0.6) is 0 Å². The SMILES string of the molecule is CCSCCC(NCCN=[N+]=[N-])C(N)=O. The lowest BCUT2D eigenvalue weighted by atomic mass is 10.2. The minimum Gasteiger partial charge on any atom is -0.368 e. The second-order valence-corrected chi connectivity index (χ2v) is 4.24. The summed E-state index contributed by atoms with van der Waals surface area (Å²) in [7, 11) is 0. The molecule has 0 heterocycles. The number of rotatable bonds is 9. The molecule has 0 aliphatic carbocycles. The Labute approximate surface area is 93.6 Å². The fourth-order valence-corrected chi connectivity index (χ4v) is 1.71. The van der Waals surface area contributed by atoms with Gasteiger partial charge in [0, 0.05) is 18.0 Å². The van der Waals surface area contributed by atoms with E-state index in [4.69, 9.17) is 11.3 Å². The van der Waals surface area contributed by atoms with Crippen molar-refractivity contribution >= 4 is 17.7 Å². The predicted molar refractivity (Wildman–Crippen MR) is 62.6 cm³/mol. The van der Waals surface area contributed by atoms with Crippen LogP contribution in [0.3, 0.4) is 0 Å². The molecule has 0 bridgehead atoms. The van der Waals surface area contributed by atoms with Crippen LogP contribution in [0.1, 0.15) is 13.3 Å². The van der Waals surface area contributed by atoms with Gasteiger partial charge in [0.1, 0.15) is 0 Å². The van der Waals surface area contributed by atoms with Gasteiger partial charge in [-0.2, -0.15) is 11.8 Å². The smallest absolute Gasteiger partial charge is 0.234 e. The quantitative estimate of drug-likeness (QED) is 0.266. The molecule has 0 spiro atoms. The van der Waals surface area contributed by atoms with Crippen LogP contribution in [0.25, 0.3) is 10.4 Å². The number of carbonyl (C=O) groups is 1. The molecule has 0 aromatic heterocycles. The lowest BCUT2D eigenvalue weighted by Gasteiger charge is -2.13. The Hall–Kier alpha value is -0.910. The standard InChI is InChI=1S/C8H17N5OS/c1-2-15-6-3-7(8(9)14)11-4-5-12-13-10/h7,11H,2-6H2,1H3,(H2,9,14). The van der Waals surface area contributed by atoms with Crippen LogP contribution in [-0.2, 0) is 4.79 Å². The Morgan fingerprint density at radius 1 is 1.73 bits per heavy atom. The summed E-state index contributed by atoms with van der Waals surface area (Å²) in [6.45, 7) is 2.88. The molecule has 0 aromatic carbocycles. The van der Waals surface area contributed by atoms with Crippen LogP contribution in [0.4, 0.5) is 0 Å². The second kappa shape index (κ2) is 9.64. The number of carbonyl (C=O) groups excluding carboxylic acids is 1. The average molecular weight is 231 g/mol. The van der Waals surface area contributed by atoms with Gasteiger partial charge in [-0.1, -0.05) is 12.0 Å². The van der Waals surface area contributed by atoms with E-state index in [9.17, 15) is 4.79 Å². The highest BCUT2D eigenvalue weighted by molar-refractivity contribution is 7.99. The number of amides is 1. The van der Waals surface area contributed by atoms with E-state index in [0.717, 1.165) is 11.5 Å². The molecule has 6 nitrogen and oxygen atoms in total. The summed E-state index contributed by atoms with van der Waals surface area (Å²) < 4.78 is 0. The van der Waals surface area contributed by atoms with E-state index in [1.807, 2.05) is 0 Å². The molecule has 0 radical (unpaired) electrons. The van der Waals surface area contributed by atoms with Crippen molar-refractivity contribution in [1.29, 1.82) is 0 Å². The van der Waals surface area contributed by atoms with Crippen LogP contribution in [0.15, 0.2) is 5.11 Å². The Morgan fingerprint density at radius 2 is 2.47 bits per heavy atom.